The van der Waals surface area contributed by atoms with Gasteiger partial charge in [0.2, 0.25) is 0 Å². The normalized spacial score (nSPS) is 14.9. The predicted octanol–water partition coefficient (Wildman–Crippen LogP) is 2.86. The summed E-state index contributed by atoms with van der Waals surface area (Å²) in [5, 5.41) is 2.94. The Morgan fingerprint density at radius 1 is 1.14 bits per heavy atom. The van der Waals surface area contributed by atoms with Gasteiger partial charge >= 0.3 is 0 Å². The van der Waals surface area contributed by atoms with Crippen molar-refractivity contribution in [1.82, 2.24) is 0 Å². The summed E-state index contributed by atoms with van der Waals surface area (Å²) in [5.41, 5.74) is 4.27. The lowest BCUT2D eigenvalue weighted by molar-refractivity contribution is -0.898. The number of hydrogen-bond acceptors (Lipinski definition) is 3. The van der Waals surface area contributed by atoms with Crippen molar-refractivity contribution in [2.45, 2.75) is 33.6 Å². The molecule has 156 valence electrons. The average Bonchev–Trinajstić information content (AvgIpc) is 2.73. The van der Waals surface area contributed by atoms with Gasteiger partial charge in [-0.25, -0.2) is 0 Å². The molecule has 0 atom stereocenters. The summed E-state index contributed by atoms with van der Waals surface area (Å²) in [6.45, 7) is 14.3. The second-order valence-corrected chi connectivity index (χ2v) is 8.17. The van der Waals surface area contributed by atoms with Crippen LogP contribution in [0.2, 0.25) is 0 Å². The van der Waals surface area contributed by atoms with Gasteiger partial charge in [0.15, 0.2) is 6.61 Å². The molecule has 1 aliphatic rings. The lowest BCUT2D eigenvalue weighted by Crippen LogP contribution is -3.14. The third-order valence-corrected chi connectivity index (χ3v) is 5.64. The molecule has 29 heavy (non-hydrogen) atoms. The molecule has 0 aromatic heterocycles. The zero-order valence-electron chi connectivity index (χ0n) is 18.1. The van der Waals surface area contributed by atoms with Crippen LogP contribution >= 0.6 is 0 Å². The Hall–Kier alpha value is -2.53. The number of aryl methyl sites for hydroxylation is 1. The molecule has 2 aromatic carbocycles. The van der Waals surface area contributed by atoms with E-state index in [1.54, 1.807) is 4.90 Å². The van der Waals surface area contributed by atoms with Crippen LogP contribution < -0.4 is 19.9 Å². The van der Waals surface area contributed by atoms with E-state index in [1.807, 2.05) is 25.1 Å². The number of carbonyl (C=O) groups excluding carboxylic acids is 1. The minimum Gasteiger partial charge on any atom is -0.483 e. The van der Waals surface area contributed by atoms with Crippen LogP contribution in [0.4, 0.5) is 11.4 Å². The highest BCUT2D eigenvalue weighted by molar-refractivity contribution is 5.92. The maximum Gasteiger partial charge on any atom is 0.262 e. The molecular formula is C24H34N3O2+. The molecule has 2 aromatic rings. The molecule has 1 aliphatic heterocycles. The summed E-state index contributed by atoms with van der Waals surface area (Å²) in [6.07, 6.45) is 0. The third kappa shape index (κ3) is 5.73. The Morgan fingerprint density at radius 2 is 1.83 bits per heavy atom. The summed E-state index contributed by atoms with van der Waals surface area (Å²) < 4.78 is 5.83. The number of quaternary nitrogens is 1. The van der Waals surface area contributed by atoms with E-state index in [4.69, 9.17) is 4.74 Å². The van der Waals surface area contributed by atoms with Gasteiger partial charge in [-0.2, -0.15) is 0 Å². The molecular weight excluding hydrogens is 362 g/mol. The quantitative estimate of drug-likeness (QED) is 0.757. The number of ether oxygens (including phenoxy) is 1. The van der Waals surface area contributed by atoms with Gasteiger partial charge in [0.1, 0.15) is 5.75 Å². The summed E-state index contributed by atoms with van der Waals surface area (Å²) >= 11 is 0. The summed E-state index contributed by atoms with van der Waals surface area (Å²) in [5.74, 6) is 0.995. The fourth-order valence-electron chi connectivity index (χ4n) is 3.77. The monoisotopic (exact) mass is 396 g/mol. The van der Waals surface area contributed by atoms with Crippen LogP contribution in [0.5, 0.6) is 5.75 Å². The Balaban J connectivity index is 1.53. The molecule has 0 saturated carbocycles. The fourth-order valence-corrected chi connectivity index (χ4v) is 3.77. The van der Waals surface area contributed by atoms with Crippen molar-refractivity contribution in [2.75, 3.05) is 49.5 Å². The molecule has 1 amide bonds. The lowest BCUT2D eigenvalue weighted by atomic mass is 10.0. The first-order valence-corrected chi connectivity index (χ1v) is 10.7. The maximum atomic E-state index is 12.4. The van der Waals surface area contributed by atoms with E-state index in [9.17, 15) is 4.79 Å². The van der Waals surface area contributed by atoms with Gasteiger partial charge in [-0.1, -0.05) is 26.0 Å². The van der Waals surface area contributed by atoms with Crippen LogP contribution in [0.15, 0.2) is 42.5 Å². The van der Waals surface area contributed by atoms with E-state index in [-0.39, 0.29) is 12.5 Å². The van der Waals surface area contributed by atoms with Crippen molar-refractivity contribution in [1.29, 1.82) is 0 Å². The Bertz CT molecular complexity index is 809. The van der Waals surface area contributed by atoms with E-state index in [1.165, 1.54) is 25.3 Å². The van der Waals surface area contributed by atoms with Gasteiger partial charge in [0, 0.05) is 11.4 Å². The minimum absolute atomic E-state index is 0.00663. The van der Waals surface area contributed by atoms with Crippen LogP contribution in [-0.4, -0.2) is 45.2 Å². The molecule has 0 bridgehead atoms. The molecule has 5 heteroatoms. The van der Waals surface area contributed by atoms with Crippen molar-refractivity contribution in [2.24, 2.45) is 0 Å². The molecule has 1 saturated heterocycles. The number of carbonyl (C=O) groups is 1. The van der Waals surface area contributed by atoms with Gasteiger partial charge in [-0.3, -0.25) is 4.79 Å². The molecule has 0 radical (unpaired) electrons. The minimum atomic E-state index is -0.144. The average molecular weight is 397 g/mol. The van der Waals surface area contributed by atoms with Gasteiger partial charge in [-0.15, -0.1) is 0 Å². The van der Waals surface area contributed by atoms with E-state index in [2.05, 4.69) is 55.3 Å². The SMILES string of the molecule is CC[NH+]1CCN(c2ccc(NC(=O)COc3cc(C)ccc3C(C)C)cc2)CC1. The van der Waals surface area contributed by atoms with Crippen molar-refractivity contribution < 1.29 is 14.4 Å². The van der Waals surface area contributed by atoms with Gasteiger partial charge in [0.05, 0.1) is 32.7 Å². The van der Waals surface area contributed by atoms with E-state index < -0.39 is 0 Å². The molecule has 2 N–H and O–H groups in total. The smallest absolute Gasteiger partial charge is 0.262 e. The number of amides is 1. The van der Waals surface area contributed by atoms with Crippen LogP contribution in [0.25, 0.3) is 0 Å². The summed E-state index contributed by atoms with van der Waals surface area (Å²) in [7, 11) is 0. The number of benzene rings is 2. The highest BCUT2D eigenvalue weighted by Crippen LogP contribution is 2.27. The van der Waals surface area contributed by atoms with E-state index >= 15 is 0 Å². The first-order chi connectivity index (χ1) is 14.0. The zero-order chi connectivity index (χ0) is 20.8. The van der Waals surface area contributed by atoms with Crippen molar-refractivity contribution in [3.63, 3.8) is 0 Å². The number of anilines is 2. The van der Waals surface area contributed by atoms with Gasteiger partial charge < -0.3 is 19.9 Å². The van der Waals surface area contributed by atoms with Crippen molar-refractivity contribution in [3.05, 3.63) is 53.6 Å². The Kier molecular flexibility index (Phi) is 7.15. The molecule has 3 rings (SSSR count). The van der Waals surface area contributed by atoms with Crippen LogP contribution in [-0.2, 0) is 4.79 Å². The first kappa shape index (κ1) is 21.2. The molecule has 5 nitrogen and oxygen atoms in total. The number of rotatable bonds is 7. The second-order valence-electron chi connectivity index (χ2n) is 8.17. The number of likely N-dealkylation sites (N-methyl/N-ethyl adjacent to an activating group) is 1. The maximum absolute atomic E-state index is 12.4. The largest absolute Gasteiger partial charge is 0.483 e. The molecule has 0 aliphatic carbocycles. The van der Waals surface area contributed by atoms with Gasteiger partial charge in [0.25, 0.3) is 5.91 Å². The molecule has 1 fully saturated rings. The number of hydrogen-bond donors (Lipinski definition) is 2. The van der Waals surface area contributed by atoms with E-state index in [0.29, 0.717) is 5.92 Å². The summed E-state index contributed by atoms with van der Waals surface area (Å²) in [4.78, 5) is 16.4. The number of piperazine rings is 1. The van der Waals surface area contributed by atoms with Crippen LogP contribution in [0.1, 0.15) is 37.8 Å². The Morgan fingerprint density at radius 3 is 2.45 bits per heavy atom. The lowest BCUT2D eigenvalue weighted by Gasteiger charge is -2.33. The number of nitrogens with zero attached hydrogens (tertiary/aromatic N) is 1. The highest BCUT2D eigenvalue weighted by atomic mass is 16.5. The highest BCUT2D eigenvalue weighted by Gasteiger charge is 2.18. The third-order valence-electron chi connectivity index (χ3n) is 5.64. The topological polar surface area (TPSA) is 46.0 Å². The van der Waals surface area contributed by atoms with Crippen molar-refractivity contribution >= 4 is 17.3 Å². The van der Waals surface area contributed by atoms with Crippen molar-refractivity contribution in [3.8, 4) is 5.75 Å². The van der Waals surface area contributed by atoms with E-state index in [0.717, 1.165) is 35.7 Å². The Labute approximate surface area is 174 Å². The number of nitrogens with one attached hydrogen (secondary N) is 2. The molecule has 0 spiro atoms. The summed E-state index contributed by atoms with van der Waals surface area (Å²) in [6, 6.07) is 14.3. The molecule has 0 unspecified atom stereocenters. The van der Waals surface area contributed by atoms with Crippen LogP contribution in [0, 0.1) is 6.92 Å². The second kappa shape index (κ2) is 9.79. The molecule has 1 heterocycles. The zero-order valence-corrected chi connectivity index (χ0v) is 18.1. The fraction of sp³-hybridized carbons (Fsp3) is 0.458. The predicted molar refractivity (Wildman–Crippen MR) is 119 cm³/mol. The first-order valence-electron chi connectivity index (χ1n) is 10.7. The van der Waals surface area contributed by atoms with Gasteiger partial charge in [-0.05, 0) is 61.2 Å². The standard InChI is InChI=1S/C24H33N3O2/c1-5-26-12-14-27(15-13-26)21-9-7-20(8-10-21)25-24(28)17-29-23-16-19(4)6-11-22(23)18(2)3/h6-11,16,18H,5,12-15,17H2,1-4H3,(H,25,28)/p+1. The van der Waals surface area contributed by atoms with Crippen LogP contribution in [0.3, 0.4) is 0 Å².